The number of pyridine rings is 1. The van der Waals surface area contributed by atoms with Gasteiger partial charge in [-0.2, -0.15) is 4.98 Å². The molecular formula is C14H11N3O. The Bertz CT molecular complexity index is 620. The van der Waals surface area contributed by atoms with Crippen molar-refractivity contribution in [1.29, 1.82) is 0 Å². The highest BCUT2D eigenvalue weighted by Gasteiger charge is 2.08. The van der Waals surface area contributed by atoms with E-state index in [4.69, 9.17) is 4.52 Å². The molecule has 0 aliphatic rings. The van der Waals surface area contributed by atoms with Gasteiger partial charge in [0.15, 0.2) is 5.82 Å². The van der Waals surface area contributed by atoms with Crippen molar-refractivity contribution in [3.63, 3.8) is 0 Å². The lowest BCUT2D eigenvalue weighted by Crippen LogP contribution is -1.90. The molecule has 4 heteroatoms. The highest BCUT2D eigenvalue weighted by atomic mass is 16.5. The first-order valence-corrected chi connectivity index (χ1v) is 5.69. The molecule has 1 aromatic carbocycles. The van der Waals surface area contributed by atoms with E-state index < -0.39 is 0 Å². The summed E-state index contributed by atoms with van der Waals surface area (Å²) >= 11 is 0. The summed E-state index contributed by atoms with van der Waals surface area (Å²) in [6.45, 7) is 0. The molecule has 88 valence electrons. The van der Waals surface area contributed by atoms with Crippen LogP contribution in [0.25, 0.3) is 11.5 Å². The molecule has 0 fully saturated rings. The minimum atomic E-state index is 0.531. The Morgan fingerprint density at radius 3 is 2.50 bits per heavy atom. The van der Waals surface area contributed by atoms with E-state index in [9.17, 15) is 0 Å². The molecule has 18 heavy (non-hydrogen) atoms. The second-order valence-corrected chi connectivity index (χ2v) is 3.91. The number of hydrogen-bond donors (Lipinski definition) is 0. The van der Waals surface area contributed by atoms with Crippen LogP contribution in [0.2, 0.25) is 0 Å². The molecule has 0 bridgehead atoms. The monoisotopic (exact) mass is 237 g/mol. The van der Waals surface area contributed by atoms with Crippen molar-refractivity contribution in [2.24, 2.45) is 0 Å². The third kappa shape index (κ3) is 2.27. The Balaban J connectivity index is 1.82. The van der Waals surface area contributed by atoms with Crippen LogP contribution >= 0.6 is 0 Å². The van der Waals surface area contributed by atoms with Crippen LogP contribution in [0.3, 0.4) is 0 Å². The van der Waals surface area contributed by atoms with Crippen LogP contribution in [-0.2, 0) is 6.42 Å². The van der Waals surface area contributed by atoms with E-state index in [0.717, 1.165) is 5.56 Å². The van der Waals surface area contributed by atoms with Gasteiger partial charge < -0.3 is 4.52 Å². The predicted octanol–water partition coefficient (Wildman–Crippen LogP) is 2.72. The molecule has 0 saturated heterocycles. The SMILES string of the molecule is c1ccc(Cc2noc(-c3ccncc3)n2)cc1. The van der Waals surface area contributed by atoms with Crippen LogP contribution in [-0.4, -0.2) is 15.1 Å². The summed E-state index contributed by atoms with van der Waals surface area (Å²) in [6.07, 6.45) is 4.09. The fourth-order valence-corrected chi connectivity index (χ4v) is 1.72. The number of rotatable bonds is 3. The molecule has 2 aromatic heterocycles. The average molecular weight is 237 g/mol. The molecule has 0 atom stereocenters. The van der Waals surface area contributed by atoms with Gasteiger partial charge in [0.2, 0.25) is 0 Å². The van der Waals surface area contributed by atoms with Gasteiger partial charge in [0.05, 0.1) is 0 Å². The maximum Gasteiger partial charge on any atom is 0.258 e. The second kappa shape index (κ2) is 4.79. The molecule has 4 nitrogen and oxygen atoms in total. The van der Waals surface area contributed by atoms with Gasteiger partial charge in [-0.3, -0.25) is 4.98 Å². The molecule has 3 aromatic rings. The highest BCUT2D eigenvalue weighted by molar-refractivity contribution is 5.51. The summed E-state index contributed by atoms with van der Waals surface area (Å²) in [6, 6.07) is 13.8. The summed E-state index contributed by atoms with van der Waals surface area (Å²) in [5.74, 6) is 1.22. The van der Waals surface area contributed by atoms with Gasteiger partial charge in [0.1, 0.15) is 0 Å². The van der Waals surface area contributed by atoms with E-state index in [2.05, 4.69) is 15.1 Å². The fourth-order valence-electron chi connectivity index (χ4n) is 1.72. The van der Waals surface area contributed by atoms with Gasteiger partial charge in [-0.15, -0.1) is 0 Å². The quantitative estimate of drug-likeness (QED) is 0.702. The lowest BCUT2D eigenvalue weighted by molar-refractivity contribution is 0.424. The van der Waals surface area contributed by atoms with Crippen LogP contribution in [0.4, 0.5) is 0 Å². The van der Waals surface area contributed by atoms with Gasteiger partial charge in [-0.25, -0.2) is 0 Å². The van der Waals surface area contributed by atoms with E-state index in [-0.39, 0.29) is 0 Å². The van der Waals surface area contributed by atoms with Gasteiger partial charge in [-0.1, -0.05) is 35.5 Å². The van der Waals surface area contributed by atoms with Crippen molar-refractivity contribution in [1.82, 2.24) is 15.1 Å². The van der Waals surface area contributed by atoms with Gasteiger partial charge in [-0.05, 0) is 17.7 Å². The van der Waals surface area contributed by atoms with E-state index in [1.54, 1.807) is 12.4 Å². The summed E-state index contributed by atoms with van der Waals surface area (Å²) in [5, 5.41) is 3.98. The molecule has 0 N–H and O–H groups in total. The van der Waals surface area contributed by atoms with Crippen LogP contribution in [0, 0.1) is 0 Å². The van der Waals surface area contributed by atoms with Crippen LogP contribution in [0.1, 0.15) is 11.4 Å². The standard InChI is InChI=1S/C14H11N3O/c1-2-4-11(5-3-1)10-13-16-14(18-17-13)12-6-8-15-9-7-12/h1-9H,10H2. The summed E-state index contributed by atoms with van der Waals surface area (Å²) in [7, 11) is 0. The van der Waals surface area contributed by atoms with E-state index in [0.29, 0.717) is 18.1 Å². The number of nitrogens with zero attached hydrogens (tertiary/aromatic N) is 3. The van der Waals surface area contributed by atoms with Crippen LogP contribution in [0.15, 0.2) is 59.4 Å². The topological polar surface area (TPSA) is 51.8 Å². The first-order chi connectivity index (χ1) is 8.92. The maximum atomic E-state index is 5.23. The third-order valence-corrected chi connectivity index (χ3v) is 2.60. The zero-order chi connectivity index (χ0) is 12.2. The largest absolute Gasteiger partial charge is 0.334 e. The molecule has 0 unspecified atom stereocenters. The lowest BCUT2D eigenvalue weighted by Gasteiger charge is -1.94. The Morgan fingerprint density at radius 2 is 1.72 bits per heavy atom. The zero-order valence-corrected chi connectivity index (χ0v) is 9.65. The summed E-state index contributed by atoms with van der Waals surface area (Å²) in [4.78, 5) is 8.33. The van der Waals surface area contributed by atoms with Crippen molar-refractivity contribution < 1.29 is 4.52 Å². The van der Waals surface area contributed by atoms with Crippen LogP contribution in [0.5, 0.6) is 0 Å². The van der Waals surface area contributed by atoms with Crippen molar-refractivity contribution in [3.05, 3.63) is 66.2 Å². The Kier molecular flexibility index (Phi) is 2.84. The first kappa shape index (κ1) is 10.7. The van der Waals surface area contributed by atoms with Gasteiger partial charge in [0.25, 0.3) is 5.89 Å². The minimum Gasteiger partial charge on any atom is -0.334 e. The van der Waals surface area contributed by atoms with E-state index >= 15 is 0 Å². The molecule has 3 rings (SSSR count). The average Bonchev–Trinajstić information content (AvgIpc) is 2.89. The molecule has 0 aliphatic heterocycles. The number of benzene rings is 1. The smallest absolute Gasteiger partial charge is 0.258 e. The minimum absolute atomic E-state index is 0.531. The molecule has 2 heterocycles. The predicted molar refractivity (Wildman–Crippen MR) is 66.8 cm³/mol. The normalized spacial score (nSPS) is 10.4. The van der Waals surface area contributed by atoms with Gasteiger partial charge in [0, 0.05) is 24.4 Å². The number of aromatic nitrogens is 3. The maximum absolute atomic E-state index is 5.23. The zero-order valence-electron chi connectivity index (χ0n) is 9.65. The van der Waals surface area contributed by atoms with Crippen molar-refractivity contribution in [2.75, 3.05) is 0 Å². The molecule has 0 aliphatic carbocycles. The second-order valence-electron chi connectivity index (χ2n) is 3.91. The van der Waals surface area contributed by atoms with Crippen molar-refractivity contribution in [3.8, 4) is 11.5 Å². The fraction of sp³-hybridized carbons (Fsp3) is 0.0714. The highest BCUT2D eigenvalue weighted by Crippen LogP contribution is 2.16. The Morgan fingerprint density at radius 1 is 0.944 bits per heavy atom. The molecule has 0 spiro atoms. The van der Waals surface area contributed by atoms with E-state index in [1.165, 1.54) is 5.56 Å². The lowest BCUT2D eigenvalue weighted by atomic mass is 10.1. The summed E-state index contributed by atoms with van der Waals surface area (Å²) in [5.41, 5.74) is 2.05. The van der Waals surface area contributed by atoms with Crippen molar-refractivity contribution in [2.45, 2.75) is 6.42 Å². The first-order valence-electron chi connectivity index (χ1n) is 5.69. The summed E-state index contributed by atoms with van der Waals surface area (Å²) < 4.78 is 5.23. The molecule has 0 radical (unpaired) electrons. The van der Waals surface area contributed by atoms with Gasteiger partial charge >= 0.3 is 0 Å². The van der Waals surface area contributed by atoms with Crippen molar-refractivity contribution >= 4 is 0 Å². The number of hydrogen-bond acceptors (Lipinski definition) is 4. The molecule has 0 amide bonds. The molecular weight excluding hydrogens is 226 g/mol. The Labute approximate surface area is 104 Å². The van der Waals surface area contributed by atoms with Crippen LogP contribution < -0.4 is 0 Å². The third-order valence-electron chi connectivity index (χ3n) is 2.60. The van der Waals surface area contributed by atoms with E-state index in [1.807, 2.05) is 42.5 Å². The molecule has 0 saturated carbocycles. The Hall–Kier alpha value is -2.49.